The van der Waals surface area contributed by atoms with Crippen molar-refractivity contribution in [1.82, 2.24) is 10.2 Å². The summed E-state index contributed by atoms with van der Waals surface area (Å²) in [6, 6.07) is 10.3. The number of amides is 2. The van der Waals surface area contributed by atoms with Gasteiger partial charge in [0.1, 0.15) is 6.04 Å². The van der Waals surface area contributed by atoms with Crippen molar-refractivity contribution in [1.29, 1.82) is 0 Å². The average molecular weight is 466 g/mol. The number of halogens is 2. The molecule has 0 aliphatic carbocycles. The van der Waals surface area contributed by atoms with Gasteiger partial charge in [-0.3, -0.25) is 19.7 Å². The Bertz CT molecular complexity index is 966. The van der Waals surface area contributed by atoms with Gasteiger partial charge in [-0.15, -0.1) is 0 Å². The number of nitro groups is 1. The standard InChI is InChI=1S/C22H25Cl2N3O4/c1-14(2)12-25-22(29)15(3)26(13-16-8-9-18(23)19(24)10-16)21(28)11-17-6-4-5-7-20(17)27(30)31/h4-10,14-15H,11-13H2,1-3H3,(H,25,29). The van der Waals surface area contributed by atoms with Gasteiger partial charge in [0.05, 0.1) is 21.4 Å². The van der Waals surface area contributed by atoms with Gasteiger partial charge >= 0.3 is 0 Å². The van der Waals surface area contributed by atoms with Crippen molar-refractivity contribution in [2.45, 2.75) is 39.8 Å². The molecule has 31 heavy (non-hydrogen) atoms. The minimum Gasteiger partial charge on any atom is -0.354 e. The molecule has 9 heteroatoms. The molecule has 0 aromatic heterocycles. The summed E-state index contributed by atoms with van der Waals surface area (Å²) in [5.41, 5.74) is 0.836. The molecular weight excluding hydrogens is 441 g/mol. The van der Waals surface area contributed by atoms with Crippen molar-refractivity contribution in [2.75, 3.05) is 6.54 Å². The number of hydrogen-bond donors (Lipinski definition) is 1. The first-order chi connectivity index (χ1) is 14.6. The maximum Gasteiger partial charge on any atom is 0.273 e. The number of nitrogens with zero attached hydrogens (tertiary/aromatic N) is 2. The summed E-state index contributed by atoms with van der Waals surface area (Å²) in [7, 11) is 0. The molecule has 2 aromatic rings. The average Bonchev–Trinajstić information content (AvgIpc) is 2.72. The SMILES string of the molecule is CC(C)CNC(=O)C(C)N(Cc1ccc(Cl)c(Cl)c1)C(=O)Cc1ccccc1[N+](=O)[O-]. The van der Waals surface area contributed by atoms with Crippen LogP contribution in [0.25, 0.3) is 0 Å². The number of nitro benzene ring substituents is 1. The predicted molar refractivity (Wildman–Crippen MR) is 121 cm³/mol. The van der Waals surface area contributed by atoms with Gasteiger partial charge in [-0.25, -0.2) is 0 Å². The van der Waals surface area contributed by atoms with Crippen molar-refractivity contribution in [3.63, 3.8) is 0 Å². The Morgan fingerprint density at radius 2 is 1.77 bits per heavy atom. The second kappa shape index (κ2) is 11.1. The van der Waals surface area contributed by atoms with Gasteiger partial charge in [-0.2, -0.15) is 0 Å². The third kappa shape index (κ3) is 6.94. The highest BCUT2D eigenvalue weighted by molar-refractivity contribution is 6.42. The molecule has 0 fully saturated rings. The molecule has 0 bridgehead atoms. The summed E-state index contributed by atoms with van der Waals surface area (Å²) in [5.74, 6) is -0.459. The first-order valence-corrected chi connectivity index (χ1v) is 10.6. The number of carbonyl (C=O) groups is 2. The third-order valence-corrected chi connectivity index (χ3v) is 5.46. The van der Waals surface area contributed by atoms with Crippen molar-refractivity contribution in [3.8, 4) is 0 Å². The van der Waals surface area contributed by atoms with Crippen LogP contribution in [0.4, 0.5) is 5.69 Å². The van der Waals surface area contributed by atoms with Gasteiger partial charge < -0.3 is 10.2 Å². The highest BCUT2D eigenvalue weighted by Gasteiger charge is 2.28. The molecule has 1 N–H and O–H groups in total. The van der Waals surface area contributed by atoms with Crippen molar-refractivity contribution < 1.29 is 14.5 Å². The van der Waals surface area contributed by atoms with E-state index in [1.807, 2.05) is 13.8 Å². The van der Waals surface area contributed by atoms with Gasteiger partial charge in [0.2, 0.25) is 11.8 Å². The van der Waals surface area contributed by atoms with E-state index in [-0.39, 0.29) is 36.0 Å². The van der Waals surface area contributed by atoms with E-state index in [2.05, 4.69) is 5.32 Å². The molecule has 7 nitrogen and oxygen atoms in total. The molecule has 2 rings (SSSR count). The second-order valence-corrected chi connectivity index (χ2v) is 8.46. The predicted octanol–water partition coefficient (Wildman–Crippen LogP) is 4.63. The molecule has 0 saturated heterocycles. The molecule has 0 heterocycles. The Hall–Kier alpha value is -2.64. The molecule has 0 aliphatic rings. The second-order valence-electron chi connectivity index (χ2n) is 7.65. The van der Waals surface area contributed by atoms with Gasteiger partial charge in [0, 0.05) is 24.7 Å². The molecule has 0 radical (unpaired) electrons. The Morgan fingerprint density at radius 3 is 2.39 bits per heavy atom. The van der Waals surface area contributed by atoms with Crippen molar-refractivity contribution in [3.05, 3.63) is 73.8 Å². The van der Waals surface area contributed by atoms with Gasteiger partial charge in [-0.05, 0) is 30.5 Å². The first kappa shape index (κ1) is 24.6. The summed E-state index contributed by atoms with van der Waals surface area (Å²) in [6.45, 7) is 6.15. The summed E-state index contributed by atoms with van der Waals surface area (Å²) in [6.07, 6.45) is -0.208. The fraction of sp³-hybridized carbons (Fsp3) is 0.364. The number of rotatable bonds is 9. The molecule has 166 valence electrons. The lowest BCUT2D eigenvalue weighted by Gasteiger charge is -2.29. The maximum absolute atomic E-state index is 13.2. The maximum atomic E-state index is 13.2. The Labute approximate surface area is 191 Å². The van der Waals surface area contributed by atoms with E-state index in [0.29, 0.717) is 22.2 Å². The summed E-state index contributed by atoms with van der Waals surface area (Å²) in [5, 5.41) is 14.9. The smallest absolute Gasteiger partial charge is 0.273 e. The molecule has 1 atom stereocenters. The van der Waals surface area contributed by atoms with Gasteiger partial charge in [0.25, 0.3) is 5.69 Å². The van der Waals surface area contributed by atoms with Crippen LogP contribution in [0.3, 0.4) is 0 Å². The normalized spacial score (nSPS) is 11.8. The van der Waals surface area contributed by atoms with Crippen LogP contribution in [0.1, 0.15) is 31.9 Å². The lowest BCUT2D eigenvalue weighted by atomic mass is 10.1. The molecule has 0 aliphatic heterocycles. The molecule has 0 spiro atoms. The number of para-hydroxylation sites is 1. The van der Waals surface area contributed by atoms with E-state index in [9.17, 15) is 19.7 Å². The topological polar surface area (TPSA) is 92.6 Å². The Morgan fingerprint density at radius 1 is 1.10 bits per heavy atom. The zero-order valence-corrected chi connectivity index (χ0v) is 19.1. The van der Waals surface area contributed by atoms with Crippen LogP contribution in [0.15, 0.2) is 42.5 Å². The summed E-state index contributed by atoms with van der Waals surface area (Å²) >= 11 is 12.1. The third-order valence-electron chi connectivity index (χ3n) is 4.72. The fourth-order valence-corrected chi connectivity index (χ4v) is 3.29. The highest BCUT2D eigenvalue weighted by atomic mass is 35.5. The minimum atomic E-state index is -0.788. The number of benzene rings is 2. The fourth-order valence-electron chi connectivity index (χ4n) is 2.97. The lowest BCUT2D eigenvalue weighted by molar-refractivity contribution is -0.385. The van der Waals surface area contributed by atoms with Crippen LogP contribution in [0.5, 0.6) is 0 Å². The zero-order chi connectivity index (χ0) is 23.1. The quantitative estimate of drug-likeness (QED) is 0.431. The van der Waals surface area contributed by atoms with Crippen molar-refractivity contribution >= 4 is 40.7 Å². The van der Waals surface area contributed by atoms with Crippen LogP contribution < -0.4 is 5.32 Å². The molecule has 1 unspecified atom stereocenters. The van der Waals surface area contributed by atoms with E-state index in [1.54, 1.807) is 37.3 Å². The molecular formula is C22H25Cl2N3O4. The summed E-state index contributed by atoms with van der Waals surface area (Å²) in [4.78, 5) is 38.0. The van der Waals surface area contributed by atoms with E-state index >= 15 is 0 Å². The largest absolute Gasteiger partial charge is 0.354 e. The van der Waals surface area contributed by atoms with Crippen LogP contribution in [0.2, 0.25) is 10.0 Å². The van der Waals surface area contributed by atoms with E-state index in [1.165, 1.54) is 17.0 Å². The summed E-state index contributed by atoms with van der Waals surface area (Å²) < 4.78 is 0. The molecule has 0 saturated carbocycles. The first-order valence-electron chi connectivity index (χ1n) is 9.83. The molecule has 2 aromatic carbocycles. The Balaban J connectivity index is 2.31. The van der Waals surface area contributed by atoms with E-state index in [4.69, 9.17) is 23.2 Å². The van der Waals surface area contributed by atoms with Crippen molar-refractivity contribution in [2.24, 2.45) is 5.92 Å². The zero-order valence-electron chi connectivity index (χ0n) is 17.6. The number of hydrogen-bond acceptors (Lipinski definition) is 4. The molecule has 2 amide bonds. The van der Waals surface area contributed by atoms with Crippen LogP contribution >= 0.6 is 23.2 Å². The highest BCUT2D eigenvalue weighted by Crippen LogP contribution is 2.25. The minimum absolute atomic E-state index is 0.104. The van der Waals surface area contributed by atoms with Crippen LogP contribution in [0, 0.1) is 16.0 Å². The van der Waals surface area contributed by atoms with E-state index in [0.717, 1.165) is 0 Å². The van der Waals surface area contributed by atoms with Gasteiger partial charge in [-0.1, -0.05) is 61.3 Å². The Kier molecular flexibility index (Phi) is 8.83. The number of nitrogens with one attached hydrogen (secondary N) is 1. The monoisotopic (exact) mass is 465 g/mol. The van der Waals surface area contributed by atoms with Gasteiger partial charge in [0.15, 0.2) is 0 Å². The van der Waals surface area contributed by atoms with Crippen LogP contribution in [-0.4, -0.2) is 34.2 Å². The van der Waals surface area contributed by atoms with Crippen LogP contribution in [-0.2, 0) is 22.6 Å². The number of carbonyl (C=O) groups excluding carboxylic acids is 2. The van der Waals surface area contributed by atoms with E-state index < -0.39 is 16.9 Å². The lowest BCUT2D eigenvalue weighted by Crippen LogP contribution is -2.48.